The molecular weight excluding hydrogens is 336 g/mol. The number of aliphatic hydroxyl groups is 4. The van der Waals surface area contributed by atoms with Gasteiger partial charge in [-0.25, -0.2) is 4.79 Å². The normalized spacial score (nSPS) is 49.3. The summed E-state index contributed by atoms with van der Waals surface area (Å²) < 4.78 is 4.77. The summed E-state index contributed by atoms with van der Waals surface area (Å²) in [4.78, 5) is 11.8. The van der Waals surface area contributed by atoms with Crippen molar-refractivity contribution in [3.8, 4) is 0 Å². The number of rotatable bonds is 3. The van der Waals surface area contributed by atoms with Crippen LogP contribution in [0.5, 0.6) is 0 Å². The smallest absolute Gasteiger partial charge is 0.345 e. The van der Waals surface area contributed by atoms with Crippen molar-refractivity contribution >= 4 is 5.97 Å². The van der Waals surface area contributed by atoms with E-state index >= 15 is 0 Å². The number of hydrogen-bond acceptors (Lipinski definition) is 6. The van der Waals surface area contributed by atoms with Crippen LogP contribution < -0.4 is 0 Å². The first-order valence-electron chi connectivity index (χ1n) is 9.33. The summed E-state index contributed by atoms with van der Waals surface area (Å²) in [6.45, 7) is 7.94. The maximum absolute atomic E-state index is 11.8. The molecule has 0 aromatic carbocycles. The Morgan fingerprint density at radius 2 is 1.96 bits per heavy atom. The molecule has 6 heteroatoms. The summed E-state index contributed by atoms with van der Waals surface area (Å²) in [6.07, 6.45) is 4.19. The monoisotopic (exact) mass is 366 g/mol. The van der Waals surface area contributed by atoms with Crippen LogP contribution in [0, 0.1) is 22.7 Å². The van der Waals surface area contributed by atoms with Crippen molar-refractivity contribution in [1.82, 2.24) is 0 Å². The molecule has 6 nitrogen and oxygen atoms in total. The number of allylic oxidation sites excluding steroid dienone is 2. The number of carbonyl (C=O) groups excluding carboxylic acids is 1. The highest BCUT2D eigenvalue weighted by atomic mass is 16.6. The molecular formula is C20H30O6. The van der Waals surface area contributed by atoms with E-state index in [0.29, 0.717) is 6.42 Å². The molecule has 1 aliphatic heterocycles. The Balaban J connectivity index is 1.95. The Morgan fingerprint density at radius 1 is 1.27 bits per heavy atom. The van der Waals surface area contributed by atoms with Crippen LogP contribution in [0.2, 0.25) is 0 Å². The van der Waals surface area contributed by atoms with E-state index in [9.17, 15) is 25.2 Å². The van der Waals surface area contributed by atoms with Crippen LogP contribution in [0.25, 0.3) is 0 Å². The quantitative estimate of drug-likeness (QED) is 0.437. The highest BCUT2D eigenvalue weighted by Crippen LogP contribution is 2.61. The lowest BCUT2D eigenvalue weighted by molar-refractivity contribution is -0.151. The maximum atomic E-state index is 11.8. The minimum absolute atomic E-state index is 0.0824. The summed E-state index contributed by atoms with van der Waals surface area (Å²) in [5.74, 6) is -0.883. The van der Waals surface area contributed by atoms with Crippen LogP contribution in [-0.4, -0.2) is 57.4 Å². The van der Waals surface area contributed by atoms with Gasteiger partial charge >= 0.3 is 5.97 Å². The minimum Gasteiger partial charge on any atom is -0.460 e. The van der Waals surface area contributed by atoms with Crippen LogP contribution in [0.3, 0.4) is 0 Å². The summed E-state index contributed by atoms with van der Waals surface area (Å²) in [5.41, 5.74) is -1.88. The number of esters is 1. The molecule has 7 atom stereocenters. The molecule has 3 fully saturated rings. The molecule has 1 saturated heterocycles. The largest absolute Gasteiger partial charge is 0.460 e. The molecule has 2 saturated carbocycles. The molecule has 0 unspecified atom stereocenters. The first-order valence-corrected chi connectivity index (χ1v) is 9.33. The van der Waals surface area contributed by atoms with Gasteiger partial charge in [-0.15, -0.1) is 0 Å². The van der Waals surface area contributed by atoms with E-state index in [-0.39, 0.29) is 30.5 Å². The van der Waals surface area contributed by atoms with Gasteiger partial charge in [-0.1, -0.05) is 32.1 Å². The Morgan fingerprint density at radius 3 is 2.54 bits per heavy atom. The molecule has 2 aliphatic carbocycles. The number of ether oxygens (including phenoxy) is 1. The van der Waals surface area contributed by atoms with Crippen molar-refractivity contribution in [2.24, 2.45) is 22.7 Å². The zero-order valence-corrected chi connectivity index (χ0v) is 15.5. The fourth-order valence-corrected chi connectivity index (χ4v) is 5.45. The molecule has 3 aliphatic rings. The molecule has 146 valence electrons. The van der Waals surface area contributed by atoms with Crippen LogP contribution in [-0.2, 0) is 9.53 Å². The third-order valence-corrected chi connectivity index (χ3v) is 7.30. The van der Waals surface area contributed by atoms with Gasteiger partial charge in [0, 0.05) is 11.3 Å². The standard InChI is InChI=1S/C20H30O6/c1-12-4-5-14-18(2,8-7-15(22)19(14,3)11-21)13(12)6-9-20(25)16(23)10-26-17(20)24/h6,9,13-16,21-23,25H,1,4-5,7-8,10-11H2,2-3H3/t13-,14+,15-,16-,18+,19+,20-/m0/s1. The number of fused-ring (bicyclic) bond motifs is 1. The van der Waals surface area contributed by atoms with E-state index in [2.05, 4.69) is 13.5 Å². The van der Waals surface area contributed by atoms with Gasteiger partial charge in [0.15, 0.2) is 0 Å². The number of carbonyl (C=O) groups is 1. The lowest BCUT2D eigenvalue weighted by Gasteiger charge is -2.59. The Hall–Kier alpha value is -1.21. The molecule has 0 aromatic rings. The highest BCUT2D eigenvalue weighted by molar-refractivity contribution is 5.84. The van der Waals surface area contributed by atoms with Crippen LogP contribution in [0.15, 0.2) is 24.3 Å². The molecule has 0 aromatic heterocycles. The van der Waals surface area contributed by atoms with E-state index in [1.807, 2.05) is 6.92 Å². The van der Waals surface area contributed by atoms with Gasteiger partial charge in [0.1, 0.15) is 12.7 Å². The molecule has 0 spiro atoms. The molecule has 26 heavy (non-hydrogen) atoms. The maximum Gasteiger partial charge on any atom is 0.345 e. The second kappa shape index (κ2) is 6.44. The Labute approximate surface area is 154 Å². The first kappa shape index (κ1) is 19.5. The average molecular weight is 366 g/mol. The highest BCUT2D eigenvalue weighted by Gasteiger charge is 2.57. The average Bonchev–Trinajstić information content (AvgIpc) is 2.85. The topological polar surface area (TPSA) is 107 Å². The molecule has 3 rings (SSSR count). The van der Waals surface area contributed by atoms with Crippen molar-refractivity contribution in [2.75, 3.05) is 13.2 Å². The predicted octanol–water partition coefficient (Wildman–Crippen LogP) is 0.933. The number of cyclic esters (lactones) is 1. The number of hydrogen-bond donors (Lipinski definition) is 4. The van der Waals surface area contributed by atoms with Gasteiger partial charge in [-0.05, 0) is 43.1 Å². The lowest BCUT2D eigenvalue weighted by Crippen LogP contribution is -2.57. The van der Waals surface area contributed by atoms with Crippen LogP contribution >= 0.6 is 0 Å². The molecule has 4 N–H and O–H groups in total. The molecule has 1 heterocycles. The van der Waals surface area contributed by atoms with Gasteiger partial charge in [0.2, 0.25) is 5.60 Å². The summed E-state index contributed by atoms with van der Waals surface area (Å²) in [5, 5.41) is 40.9. The minimum atomic E-state index is -2.03. The van der Waals surface area contributed by atoms with Crippen molar-refractivity contribution in [1.29, 1.82) is 0 Å². The van der Waals surface area contributed by atoms with E-state index < -0.39 is 29.2 Å². The summed E-state index contributed by atoms with van der Waals surface area (Å²) in [6, 6.07) is 0. The first-order chi connectivity index (χ1) is 12.1. The molecule has 0 radical (unpaired) electrons. The SMILES string of the molecule is C=C1CC[C@@H]2[C@](C)(CC[C@H](O)[C@]2(C)CO)[C@H]1C=C[C@@]1(O)C(=O)OC[C@@H]1O. The summed E-state index contributed by atoms with van der Waals surface area (Å²) in [7, 11) is 0. The van der Waals surface area contributed by atoms with E-state index in [1.54, 1.807) is 6.08 Å². The van der Waals surface area contributed by atoms with E-state index in [0.717, 1.165) is 24.8 Å². The third-order valence-electron chi connectivity index (χ3n) is 7.30. The van der Waals surface area contributed by atoms with Gasteiger partial charge in [-0.2, -0.15) is 0 Å². The Bertz CT molecular complexity index is 630. The zero-order chi connectivity index (χ0) is 19.3. The van der Waals surface area contributed by atoms with Gasteiger partial charge in [0.25, 0.3) is 0 Å². The zero-order valence-electron chi connectivity index (χ0n) is 15.5. The Kier molecular flexibility index (Phi) is 4.84. The fourth-order valence-electron chi connectivity index (χ4n) is 5.45. The summed E-state index contributed by atoms with van der Waals surface area (Å²) >= 11 is 0. The predicted molar refractivity (Wildman–Crippen MR) is 95.0 cm³/mol. The van der Waals surface area contributed by atoms with Crippen molar-refractivity contribution in [3.05, 3.63) is 24.3 Å². The third kappa shape index (κ3) is 2.66. The van der Waals surface area contributed by atoms with Gasteiger partial charge in [-0.3, -0.25) is 0 Å². The van der Waals surface area contributed by atoms with Crippen molar-refractivity contribution < 1.29 is 30.0 Å². The second-order valence-corrected chi connectivity index (χ2v) is 8.75. The second-order valence-electron chi connectivity index (χ2n) is 8.75. The molecule has 0 amide bonds. The number of aliphatic hydroxyl groups excluding tert-OH is 3. The fraction of sp³-hybridized carbons (Fsp3) is 0.750. The molecule has 0 bridgehead atoms. The van der Waals surface area contributed by atoms with Crippen LogP contribution in [0.1, 0.15) is 39.5 Å². The van der Waals surface area contributed by atoms with Crippen LogP contribution in [0.4, 0.5) is 0 Å². The van der Waals surface area contributed by atoms with E-state index in [4.69, 9.17) is 4.74 Å². The van der Waals surface area contributed by atoms with Crippen molar-refractivity contribution in [2.45, 2.75) is 57.3 Å². The lowest BCUT2D eigenvalue weighted by atomic mass is 9.46. The van der Waals surface area contributed by atoms with Gasteiger partial charge in [0.05, 0.1) is 12.7 Å². The van der Waals surface area contributed by atoms with Crippen molar-refractivity contribution in [3.63, 3.8) is 0 Å². The van der Waals surface area contributed by atoms with Gasteiger partial charge < -0.3 is 25.2 Å². The van der Waals surface area contributed by atoms with E-state index in [1.165, 1.54) is 6.08 Å².